The van der Waals surface area contributed by atoms with Gasteiger partial charge < -0.3 is 10.2 Å². The molecule has 1 unspecified atom stereocenters. The molecule has 7 heteroatoms. The van der Waals surface area contributed by atoms with Crippen LogP contribution in [0, 0.1) is 11.8 Å². The van der Waals surface area contributed by atoms with Gasteiger partial charge in [0.1, 0.15) is 0 Å². The quantitative estimate of drug-likeness (QED) is 0.887. The van der Waals surface area contributed by atoms with Crippen LogP contribution in [0.25, 0.3) is 0 Å². The molecule has 1 amide bonds. The zero-order valence-electron chi connectivity index (χ0n) is 12.9. The average Bonchev–Trinajstić information content (AvgIpc) is 2.89. The van der Waals surface area contributed by atoms with Crippen molar-refractivity contribution < 1.29 is 4.79 Å². The molecule has 0 saturated carbocycles. The van der Waals surface area contributed by atoms with Crippen molar-refractivity contribution in [1.82, 2.24) is 15.1 Å². The molecule has 0 bridgehead atoms. The predicted octanol–water partition coefficient (Wildman–Crippen LogP) is 2.09. The van der Waals surface area contributed by atoms with Gasteiger partial charge in [-0.2, -0.15) is 0 Å². The van der Waals surface area contributed by atoms with Gasteiger partial charge in [0.2, 0.25) is 5.91 Å². The van der Waals surface area contributed by atoms with E-state index in [1.54, 1.807) is 0 Å². The van der Waals surface area contributed by atoms with E-state index >= 15 is 0 Å². The Kier molecular flexibility index (Phi) is 8.14. The number of amides is 1. The lowest BCUT2D eigenvalue weighted by Crippen LogP contribution is -2.54. The lowest BCUT2D eigenvalue weighted by Gasteiger charge is -2.39. The summed E-state index contributed by atoms with van der Waals surface area (Å²) >= 11 is 1.81. The molecule has 126 valence electrons. The average molecular weight is 366 g/mol. The molecule has 2 aliphatic rings. The molecular weight excluding hydrogens is 341 g/mol. The summed E-state index contributed by atoms with van der Waals surface area (Å²) in [5.74, 6) is 1.08. The number of rotatable bonds is 4. The number of hydrogen-bond donors (Lipinski definition) is 1. The molecule has 0 aliphatic carbocycles. The lowest BCUT2D eigenvalue weighted by atomic mass is 9.88. The lowest BCUT2D eigenvalue weighted by molar-refractivity contribution is -0.139. The molecule has 0 aromatic carbocycles. The fraction of sp³-hybridized carbons (Fsp3) is 0.667. The molecule has 0 radical (unpaired) electrons. The van der Waals surface area contributed by atoms with E-state index in [9.17, 15) is 4.79 Å². The molecule has 1 aromatic rings. The normalized spacial score (nSPS) is 20.5. The minimum absolute atomic E-state index is 0. The van der Waals surface area contributed by atoms with E-state index in [-0.39, 0.29) is 30.7 Å². The second-order valence-corrected chi connectivity index (χ2v) is 6.92. The van der Waals surface area contributed by atoms with Crippen LogP contribution in [0.5, 0.6) is 0 Å². The molecule has 0 spiro atoms. The summed E-state index contributed by atoms with van der Waals surface area (Å²) in [5, 5.41) is 5.38. The number of carbonyl (C=O) groups excluding carboxylic acids is 1. The van der Waals surface area contributed by atoms with Crippen LogP contribution in [0.4, 0.5) is 0 Å². The monoisotopic (exact) mass is 365 g/mol. The third-order valence-corrected chi connectivity index (χ3v) is 5.41. The highest BCUT2D eigenvalue weighted by Gasteiger charge is 2.32. The molecule has 1 N–H and O–H groups in total. The third kappa shape index (κ3) is 4.59. The van der Waals surface area contributed by atoms with Crippen LogP contribution in [-0.2, 0) is 11.3 Å². The number of thiophene rings is 1. The highest BCUT2D eigenvalue weighted by Crippen LogP contribution is 2.20. The van der Waals surface area contributed by atoms with Crippen LogP contribution >= 0.6 is 36.2 Å². The fourth-order valence-corrected chi connectivity index (χ4v) is 3.65. The zero-order valence-corrected chi connectivity index (χ0v) is 15.3. The molecule has 1 aromatic heterocycles. The number of halogens is 2. The summed E-state index contributed by atoms with van der Waals surface area (Å²) in [6.45, 7) is 8.89. The number of nitrogens with one attached hydrogen (secondary N) is 1. The van der Waals surface area contributed by atoms with E-state index in [0.717, 1.165) is 45.8 Å². The Morgan fingerprint density at radius 1 is 1.32 bits per heavy atom. The molecule has 3 heterocycles. The fourth-order valence-electron chi connectivity index (χ4n) is 2.90. The predicted molar refractivity (Wildman–Crippen MR) is 96.2 cm³/mol. The third-order valence-electron chi connectivity index (χ3n) is 4.55. The van der Waals surface area contributed by atoms with Gasteiger partial charge in [0.05, 0.1) is 0 Å². The summed E-state index contributed by atoms with van der Waals surface area (Å²) in [4.78, 5) is 18.4. The maximum atomic E-state index is 12.4. The van der Waals surface area contributed by atoms with E-state index in [2.05, 4.69) is 39.6 Å². The summed E-state index contributed by atoms with van der Waals surface area (Å²) < 4.78 is 0. The van der Waals surface area contributed by atoms with Gasteiger partial charge in [-0.15, -0.1) is 36.2 Å². The Balaban J connectivity index is 0.00000121. The van der Waals surface area contributed by atoms with Gasteiger partial charge in [-0.25, -0.2) is 0 Å². The SMILES string of the molecule is CC(C(=O)N1CCN(Cc2cccs2)CC1)C1CNC1.Cl.Cl. The van der Waals surface area contributed by atoms with E-state index in [1.165, 1.54) is 4.88 Å². The van der Waals surface area contributed by atoms with Gasteiger partial charge in [-0.3, -0.25) is 9.69 Å². The van der Waals surface area contributed by atoms with Crippen molar-refractivity contribution in [2.75, 3.05) is 39.3 Å². The van der Waals surface area contributed by atoms with Crippen molar-refractivity contribution in [3.8, 4) is 0 Å². The Labute approximate surface area is 149 Å². The molecule has 3 rings (SSSR count). The van der Waals surface area contributed by atoms with Gasteiger partial charge >= 0.3 is 0 Å². The highest BCUT2D eigenvalue weighted by molar-refractivity contribution is 7.09. The summed E-state index contributed by atoms with van der Waals surface area (Å²) in [7, 11) is 0. The van der Waals surface area contributed by atoms with E-state index in [0.29, 0.717) is 11.8 Å². The van der Waals surface area contributed by atoms with Crippen LogP contribution in [0.3, 0.4) is 0 Å². The van der Waals surface area contributed by atoms with E-state index in [1.807, 2.05) is 11.3 Å². The van der Waals surface area contributed by atoms with Crippen molar-refractivity contribution in [3.63, 3.8) is 0 Å². The molecular formula is C15H25Cl2N3OS. The first-order valence-electron chi connectivity index (χ1n) is 7.48. The van der Waals surface area contributed by atoms with Crippen molar-refractivity contribution in [2.45, 2.75) is 13.5 Å². The number of nitrogens with zero attached hydrogens (tertiary/aromatic N) is 2. The Morgan fingerprint density at radius 3 is 2.50 bits per heavy atom. The van der Waals surface area contributed by atoms with Gasteiger partial charge in [0.25, 0.3) is 0 Å². The van der Waals surface area contributed by atoms with Crippen LogP contribution in [0.15, 0.2) is 17.5 Å². The molecule has 2 fully saturated rings. The molecule has 2 saturated heterocycles. The Hall–Kier alpha value is -0.330. The minimum atomic E-state index is 0. The van der Waals surface area contributed by atoms with Crippen LogP contribution in [0.1, 0.15) is 11.8 Å². The second kappa shape index (κ2) is 9.08. The maximum absolute atomic E-state index is 12.4. The summed E-state index contributed by atoms with van der Waals surface area (Å²) in [6.07, 6.45) is 0. The number of hydrogen-bond acceptors (Lipinski definition) is 4. The Bertz CT molecular complexity index is 446. The highest BCUT2D eigenvalue weighted by atomic mass is 35.5. The zero-order chi connectivity index (χ0) is 13.9. The molecule has 22 heavy (non-hydrogen) atoms. The van der Waals surface area contributed by atoms with Gasteiger partial charge in [-0.1, -0.05) is 13.0 Å². The summed E-state index contributed by atoms with van der Waals surface area (Å²) in [6, 6.07) is 4.29. The first kappa shape index (κ1) is 19.7. The first-order chi connectivity index (χ1) is 9.74. The number of carbonyl (C=O) groups is 1. The van der Waals surface area contributed by atoms with Crippen molar-refractivity contribution in [2.24, 2.45) is 11.8 Å². The smallest absolute Gasteiger partial charge is 0.225 e. The van der Waals surface area contributed by atoms with E-state index in [4.69, 9.17) is 0 Å². The van der Waals surface area contributed by atoms with E-state index < -0.39 is 0 Å². The van der Waals surface area contributed by atoms with Crippen molar-refractivity contribution >= 4 is 42.1 Å². The topological polar surface area (TPSA) is 35.6 Å². The second-order valence-electron chi connectivity index (χ2n) is 5.89. The largest absolute Gasteiger partial charge is 0.340 e. The van der Waals surface area contributed by atoms with Gasteiger partial charge in [-0.05, 0) is 30.5 Å². The van der Waals surface area contributed by atoms with Crippen LogP contribution in [0.2, 0.25) is 0 Å². The van der Waals surface area contributed by atoms with Crippen LogP contribution < -0.4 is 5.32 Å². The van der Waals surface area contributed by atoms with Crippen molar-refractivity contribution in [3.05, 3.63) is 22.4 Å². The molecule has 4 nitrogen and oxygen atoms in total. The van der Waals surface area contributed by atoms with Crippen LogP contribution in [-0.4, -0.2) is 55.0 Å². The van der Waals surface area contributed by atoms with Gasteiger partial charge in [0, 0.05) is 43.5 Å². The minimum Gasteiger partial charge on any atom is -0.340 e. The maximum Gasteiger partial charge on any atom is 0.225 e. The molecule has 1 atom stereocenters. The molecule has 2 aliphatic heterocycles. The standard InChI is InChI=1S/C15H23N3OS.2ClH/c1-12(13-9-16-10-13)15(19)18-6-4-17(5-7-18)11-14-3-2-8-20-14;;/h2-3,8,12-13,16H,4-7,9-11H2,1H3;2*1H. The Morgan fingerprint density at radius 2 is 2.00 bits per heavy atom. The summed E-state index contributed by atoms with van der Waals surface area (Å²) in [5.41, 5.74) is 0. The van der Waals surface area contributed by atoms with Gasteiger partial charge in [0.15, 0.2) is 0 Å². The van der Waals surface area contributed by atoms with Crippen molar-refractivity contribution in [1.29, 1.82) is 0 Å². The first-order valence-corrected chi connectivity index (χ1v) is 8.36. The number of piperazine rings is 1.